The number of aliphatic hydroxyl groups is 2. The first kappa shape index (κ1) is 16.7. The normalized spacial score (nSPS) is 39.6. The van der Waals surface area contributed by atoms with Crippen LogP contribution in [0, 0.1) is 5.92 Å². The van der Waals surface area contributed by atoms with Gasteiger partial charge in [0.05, 0.1) is 23.1 Å². The van der Waals surface area contributed by atoms with E-state index in [0.29, 0.717) is 18.6 Å². The number of hydrogen-bond donors (Lipinski definition) is 3. The Morgan fingerprint density at radius 1 is 1.36 bits per heavy atom. The number of aliphatic hydroxyl groups excluding tert-OH is 2. The Balaban J connectivity index is 1.87. The number of amides is 1. The number of primary amides is 1. The monoisotopic (exact) mass is 344 g/mol. The van der Waals surface area contributed by atoms with Crippen molar-refractivity contribution in [3.8, 4) is 0 Å². The van der Waals surface area contributed by atoms with Gasteiger partial charge in [0.15, 0.2) is 0 Å². The summed E-state index contributed by atoms with van der Waals surface area (Å²) in [4.78, 5) is 16.8. The minimum Gasteiger partial charge on any atom is -0.388 e. The molecule has 3 aliphatic rings. The molecule has 2 fully saturated rings. The Kier molecular flexibility index (Phi) is 3.94. The van der Waals surface area contributed by atoms with Gasteiger partial charge in [0, 0.05) is 5.71 Å². The SMILES string of the molecule is CCC1OC(C23CCCC(C(N)=O)C2=Nc2ccccc23)C(O)C1O. The fraction of sp³-hybridized carbons (Fsp3) is 0.579. The van der Waals surface area contributed by atoms with E-state index >= 15 is 0 Å². The van der Waals surface area contributed by atoms with Gasteiger partial charge in [-0.15, -0.1) is 0 Å². The summed E-state index contributed by atoms with van der Waals surface area (Å²) in [6, 6.07) is 7.73. The summed E-state index contributed by atoms with van der Waals surface area (Å²) < 4.78 is 6.13. The van der Waals surface area contributed by atoms with Crippen molar-refractivity contribution in [2.75, 3.05) is 0 Å². The van der Waals surface area contributed by atoms with E-state index in [0.717, 1.165) is 24.1 Å². The molecule has 1 aromatic rings. The first-order valence-electron chi connectivity index (χ1n) is 9.00. The Bertz CT molecular complexity index is 734. The zero-order chi connectivity index (χ0) is 17.8. The summed E-state index contributed by atoms with van der Waals surface area (Å²) in [5, 5.41) is 21.1. The Labute approximate surface area is 146 Å². The van der Waals surface area contributed by atoms with Crippen molar-refractivity contribution in [1.29, 1.82) is 0 Å². The summed E-state index contributed by atoms with van der Waals surface area (Å²) in [6.45, 7) is 1.92. The molecule has 6 nitrogen and oxygen atoms in total. The lowest BCUT2D eigenvalue weighted by Gasteiger charge is -2.43. The van der Waals surface area contributed by atoms with Crippen LogP contribution < -0.4 is 5.73 Å². The smallest absolute Gasteiger partial charge is 0.226 e. The van der Waals surface area contributed by atoms with E-state index in [1.165, 1.54) is 0 Å². The van der Waals surface area contributed by atoms with Gasteiger partial charge in [-0.1, -0.05) is 31.5 Å². The third-order valence-corrected chi connectivity index (χ3v) is 6.07. The largest absolute Gasteiger partial charge is 0.388 e. The number of nitrogens with two attached hydrogens (primary N) is 1. The van der Waals surface area contributed by atoms with E-state index in [-0.39, 0.29) is 0 Å². The lowest BCUT2D eigenvalue weighted by molar-refractivity contribution is -0.120. The standard InChI is InChI=1S/C19H24N2O4/c1-2-13-14(22)15(23)17(25-13)19-9-5-6-10(18(20)24)16(19)21-12-8-4-3-7-11(12)19/h3-4,7-8,10,13-15,17,22-23H,2,5-6,9H2,1H3,(H2,20,24). The number of para-hydroxylation sites is 1. The molecule has 6 atom stereocenters. The predicted octanol–water partition coefficient (Wildman–Crippen LogP) is 1.20. The van der Waals surface area contributed by atoms with E-state index in [1.807, 2.05) is 31.2 Å². The van der Waals surface area contributed by atoms with Gasteiger partial charge in [-0.25, -0.2) is 0 Å². The number of carbonyl (C=O) groups is 1. The molecule has 1 saturated heterocycles. The van der Waals surface area contributed by atoms with Crippen LogP contribution in [-0.2, 0) is 14.9 Å². The third kappa shape index (κ3) is 2.21. The highest BCUT2D eigenvalue weighted by Crippen LogP contribution is 2.54. The van der Waals surface area contributed by atoms with Gasteiger partial charge in [0.25, 0.3) is 0 Å². The van der Waals surface area contributed by atoms with E-state index in [9.17, 15) is 15.0 Å². The zero-order valence-corrected chi connectivity index (χ0v) is 14.3. The predicted molar refractivity (Wildman–Crippen MR) is 92.7 cm³/mol. The Morgan fingerprint density at radius 3 is 2.80 bits per heavy atom. The second kappa shape index (κ2) is 5.90. The molecule has 0 spiro atoms. The van der Waals surface area contributed by atoms with Crippen LogP contribution in [0.3, 0.4) is 0 Å². The van der Waals surface area contributed by atoms with Crippen molar-refractivity contribution in [2.45, 2.75) is 62.4 Å². The van der Waals surface area contributed by atoms with Gasteiger partial charge >= 0.3 is 0 Å². The van der Waals surface area contributed by atoms with Crippen LogP contribution in [0.5, 0.6) is 0 Å². The molecule has 1 saturated carbocycles. The molecule has 2 heterocycles. The molecule has 1 aromatic carbocycles. The van der Waals surface area contributed by atoms with Gasteiger partial charge in [-0.05, 0) is 30.9 Å². The minimum absolute atomic E-state index is 0.393. The molecule has 4 rings (SSSR count). The highest BCUT2D eigenvalue weighted by atomic mass is 16.5. The van der Waals surface area contributed by atoms with Crippen molar-refractivity contribution < 1.29 is 19.7 Å². The summed E-state index contributed by atoms with van der Waals surface area (Å²) in [6.07, 6.45) is -0.225. The Hall–Kier alpha value is -1.76. The number of carbonyl (C=O) groups excluding carboxylic acids is 1. The molecule has 4 N–H and O–H groups in total. The number of fused-ring (bicyclic) bond motifs is 3. The lowest BCUT2D eigenvalue weighted by atomic mass is 9.61. The fourth-order valence-corrected chi connectivity index (χ4v) is 4.90. The molecule has 0 aromatic heterocycles. The number of ether oxygens (including phenoxy) is 1. The molecule has 2 aliphatic heterocycles. The number of rotatable bonds is 3. The molecule has 0 radical (unpaired) electrons. The third-order valence-electron chi connectivity index (χ3n) is 6.07. The van der Waals surface area contributed by atoms with Gasteiger partial charge in [0.1, 0.15) is 18.3 Å². The van der Waals surface area contributed by atoms with Crippen LogP contribution in [0.25, 0.3) is 0 Å². The average molecular weight is 344 g/mol. The van der Waals surface area contributed by atoms with Crippen molar-refractivity contribution in [2.24, 2.45) is 16.6 Å². The Morgan fingerprint density at radius 2 is 2.12 bits per heavy atom. The highest BCUT2D eigenvalue weighted by molar-refractivity contribution is 6.13. The second-order valence-corrected chi connectivity index (χ2v) is 7.32. The number of benzene rings is 1. The zero-order valence-electron chi connectivity index (χ0n) is 14.3. The molecule has 1 aliphatic carbocycles. The van der Waals surface area contributed by atoms with Crippen molar-refractivity contribution in [3.63, 3.8) is 0 Å². The molecular formula is C19H24N2O4. The van der Waals surface area contributed by atoms with Gasteiger partial charge < -0.3 is 20.7 Å². The maximum Gasteiger partial charge on any atom is 0.226 e. The number of hydrogen-bond acceptors (Lipinski definition) is 5. The molecule has 6 unspecified atom stereocenters. The minimum atomic E-state index is -1.02. The topological polar surface area (TPSA) is 105 Å². The molecular weight excluding hydrogens is 320 g/mol. The maximum absolute atomic E-state index is 12.1. The first-order valence-corrected chi connectivity index (χ1v) is 9.00. The molecule has 6 heteroatoms. The fourth-order valence-electron chi connectivity index (χ4n) is 4.90. The van der Waals surface area contributed by atoms with Crippen molar-refractivity contribution in [3.05, 3.63) is 29.8 Å². The van der Waals surface area contributed by atoms with E-state index in [1.54, 1.807) is 0 Å². The summed E-state index contributed by atoms with van der Waals surface area (Å²) in [5.41, 5.74) is 7.42. The van der Waals surface area contributed by atoms with Crippen LogP contribution in [-0.4, -0.2) is 46.2 Å². The quantitative estimate of drug-likeness (QED) is 0.766. The maximum atomic E-state index is 12.1. The van der Waals surface area contributed by atoms with E-state index in [2.05, 4.69) is 0 Å². The number of nitrogens with zero attached hydrogens (tertiary/aromatic N) is 1. The molecule has 1 amide bonds. The van der Waals surface area contributed by atoms with Crippen molar-refractivity contribution in [1.82, 2.24) is 0 Å². The summed E-state index contributed by atoms with van der Waals surface area (Å²) in [5.74, 6) is -0.856. The van der Waals surface area contributed by atoms with Crippen molar-refractivity contribution >= 4 is 17.3 Å². The highest BCUT2D eigenvalue weighted by Gasteiger charge is 2.60. The number of aliphatic imine (C=N–C) groups is 1. The van der Waals surface area contributed by atoms with Gasteiger partial charge in [-0.2, -0.15) is 0 Å². The van der Waals surface area contributed by atoms with E-state index < -0.39 is 41.7 Å². The first-order chi connectivity index (χ1) is 12.0. The molecule has 25 heavy (non-hydrogen) atoms. The van der Waals surface area contributed by atoms with Crippen LogP contribution in [0.4, 0.5) is 5.69 Å². The molecule has 134 valence electrons. The van der Waals surface area contributed by atoms with Gasteiger partial charge in [-0.3, -0.25) is 9.79 Å². The second-order valence-electron chi connectivity index (χ2n) is 7.32. The lowest BCUT2D eigenvalue weighted by Crippen LogP contribution is -2.56. The van der Waals surface area contributed by atoms with Crippen LogP contribution in [0.15, 0.2) is 29.3 Å². The molecule has 0 bridgehead atoms. The summed E-state index contributed by atoms with van der Waals surface area (Å²) in [7, 11) is 0. The van der Waals surface area contributed by atoms with Crippen LogP contribution >= 0.6 is 0 Å². The summed E-state index contributed by atoms with van der Waals surface area (Å²) >= 11 is 0. The van der Waals surface area contributed by atoms with Crippen LogP contribution in [0.1, 0.15) is 38.2 Å². The van der Waals surface area contributed by atoms with E-state index in [4.69, 9.17) is 15.5 Å². The van der Waals surface area contributed by atoms with Crippen LogP contribution in [0.2, 0.25) is 0 Å². The van der Waals surface area contributed by atoms with Gasteiger partial charge in [0.2, 0.25) is 5.91 Å². The average Bonchev–Trinajstić information content (AvgIpc) is 3.10.